The average molecular weight is 410 g/mol. The Kier molecular flexibility index (Phi) is 6.76. The second kappa shape index (κ2) is 8.46. The molecule has 2 aromatic rings. The van der Waals surface area contributed by atoms with Gasteiger partial charge in [0.15, 0.2) is 0 Å². The Hall–Kier alpha value is -2.28. The number of hydrogen-bond acceptors (Lipinski definition) is 3. The lowest BCUT2D eigenvalue weighted by molar-refractivity contribution is 0.353. The Morgan fingerprint density at radius 3 is 2.03 bits per heavy atom. The van der Waals surface area contributed by atoms with Crippen molar-refractivity contribution in [2.75, 3.05) is 0 Å². The predicted molar refractivity (Wildman–Crippen MR) is 121 cm³/mol. The van der Waals surface area contributed by atoms with Gasteiger partial charge < -0.3 is 0 Å². The first-order valence-corrected chi connectivity index (χ1v) is 10.8. The normalized spacial score (nSPS) is 12.9. The molecule has 0 radical (unpaired) electrons. The standard InChI is InChI=1S/C26H36FN3/c1-17(2)19-12-21(27)23(30-15-19)26(8,9)11-10-25(6,7)22-13-18(14-28)20(16-29-22)24(3,4)5/h12-13,15-17H,10-11H2,1-9H3. The summed E-state index contributed by atoms with van der Waals surface area (Å²) in [6.07, 6.45) is 5.20. The highest BCUT2D eigenvalue weighted by Gasteiger charge is 2.32. The third-order valence-electron chi connectivity index (χ3n) is 6.07. The molecule has 0 saturated carbocycles. The molecule has 4 heteroatoms. The third-order valence-corrected chi connectivity index (χ3v) is 6.07. The van der Waals surface area contributed by atoms with Crippen molar-refractivity contribution < 1.29 is 4.39 Å². The van der Waals surface area contributed by atoms with E-state index in [9.17, 15) is 9.65 Å². The fourth-order valence-electron chi connectivity index (χ4n) is 3.65. The van der Waals surface area contributed by atoms with Crippen LogP contribution >= 0.6 is 0 Å². The first-order chi connectivity index (χ1) is 13.7. The van der Waals surface area contributed by atoms with E-state index in [4.69, 9.17) is 4.98 Å². The monoisotopic (exact) mass is 409 g/mol. The van der Waals surface area contributed by atoms with E-state index in [2.05, 4.69) is 45.7 Å². The molecule has 0 amide bonds. The molecule has 2 rings (SSSR count). The quantitative estimate of drug-likeness (QED) is 0.519. The Morgan fingerprint density at radius 1 is 0.933 bits per heavy atom. The van der Waals surface area contributed by atoms with E-state index >= 15 is 0 Å². The molecule has 0 aliphatic rings. The van der Waals surface area contributed by atoms with Gasteiger partial charge in [0.05, 0.1) is 17.3 Å². The first kappa shape index (κ1) is 24.0. The molecule has 2 heterocycles. The van der Waals surface area contributed by atoms with E-state index in [1.807, 2.05) is 40.0 Å². The van der Waals surface area contributed by atoms with Crippen molar-refractivity contribution in [2.24, 2.45) is 0 Å². The molecule has 0 unspecified atom stereocenters. The van der Waals surface area contributed by atoms with Gasteiger partial charge in [-0.25, -0.2) is 4.39 Å². The van der Waals surface area contributed by atoms with Crippen LogP contribution in [0.1, 0.15) is 109 Å². The van der Waals surface area contributed by atoms with Crippen molar-refractivity contribution in [1.29, 1.82) is 5.26 Å². The zero-order valence-corrected chi connectivity index (χ0v) is 20.0. The summed E-state index contributed by atoms with van der Waals surface area (Å²) in [6, 6.07) is 5.87. The fraction of sp³-hybridized carbons (Fsp3) is 0.577. The van der Waals surface area contributed by atoms with E-state index in [1.54, 1.807) is 12.3 Å². The number of pyridine rings is 2. The summed E-state index contributed by atoms with van der Waals surface area (Å²) in [5, 5.41) is 9.64. The molecule has 0 saturated heterocycles. The minimum absolute atomic E-state index is 0.131. The van der Waals surface area contributed by atoms with E-state index in [1.165, 1.54) is 0 Å². The number of nitrogens with zero attached hydrogens (tertiary/aromatic N) is 3. The van der Waals surface area contributed by atoms with Crippen molar-refractivity contribution in [3.63, 3.8) is 0 Å². The van der Waals surface area contributed by atoms with Crippen LogP contribution in [0, 0.1) is 17.1 Å². The number of nitriles is 1. The Morgan fingerprint density at radius 2 is 1.53 bits per heavy atom. The number of halogens is 1. The Balaban J connectivity index is 2.26. The van der Waals surface area contributed by atoms with Crippen LogP contribution in [0.25, 0.3) is 0 Å². The van der Waals surface area contributed by atoms with Crippen molar-refractivity contribution in [3.05, 3.63) is 58.4 Å². The van der Waals surface area contributed by atoms with Gasteiger partial charge in [-0.05, 0) is 47.4 Å². The maximum Gasteiger partial charge on any atom is 0.145 e. The maximum absolute atomic E-state index is 14.8. The lowest BCUT2D eigenvalue weighted by Gasteiger charge is -2.31. The molecule has 30 heavy (non-hydrogen) atoms. The zero-order chi connectivity index (χ0) is 22.9. The summed E-state index contributed by atoms with van der Waals surface area (Å²) in [6.45, 7) is 18.7. The van der Waals surface area contributed by atoms with Crippen LogP contribution in [-0.4, -0.2) is 9.97 Å². The van der Waals surface area contributed by atoms with Crippen LogP contribution in [0.2, 0.25) is 0 Å². The highest BCUT2D eigenvalue weighted by atomic mass is 19.1. The number of hydrogen-bond donors (Lipinski definition) is 0. The highest BCUT2D eigenvalue weighted by molar-refractivity contribution is 5.42. The summed E-state index contributed by atoms with van der Waals surface area (Å²) >= 11 is 0. The van der Waals surface area contributed by atoms with Crippen LogP contribution in [0.15, 0.2) is 24.5 Å². The molecule has 0 N–H and O–H groups in total. The molecule has 0 fully saturated rings. The Bertz CT molecular complexity index is 944. The van der Waals surface area contributed by atoms with E-state index in [-0.39, 0.29) is 22.6 Å². The largest absolute Gasteiger partial charge is 0.260 e. The molecule has 3 nitrogen and oxygen atoms in total. The molecule has 2 aromatic heterocycles. The van der Waals surface area contributed by atoms with Crippen molar-refractivity contribution >= 4 is 0 Å². The van der Waals surface area contributed by atoms with Gasteiger partial charge in [-0.15, -0.1) is 0 Å². The first-order valence-electron chi connectivity index (χ1n) is 10.8. The molecule has 162 valence electrons. The Labute approximate surface area is 181 Å². The number of rotatable bonds is 6. The van der Waals surface area contributed by atoms with Gasteiger partial charge in [0.1, 0.15) is 5.82 Å². The second-order valence-electron chi connectivity index (χ2n) is 11.0. The van der Waals surface area contributed by atoms with Crippen molar-refractivity contribution in [3.8, 4) is 6.07 Å². The van der Waals surface area contributed by atoms with Gasteiger partial charge in [0.25, 0.3) is 0 Å². The molecular weight excluding hydrogens is 373 g/mol. The predicted octanol–water partition coefficient (Wildman–Crippen LogP) is 6.94. The van der Waals surface area contributed by atoms with Crippen molar-refractivity contribution in [1.82, 2.24) is 9.97 Å². The SMILES string of the molecule is CC(C)c1cnc(C(C)(C)CCC(C)(C)c2cc(C#N)c(C(C)(C)C)cn2)c(F)c1. The summed E-state index contributed by atoms with van der Waals surface area (Å²) in [7, 11) is 0. The second-order valence-corrected chi connectivity index (χ2v) is 11.0. The third kappa shape index (κ3) is 5.25. The van der Waals surface area contributed by atoms with E-state index < -0.39 is 5.41 Å². The molecule has 0 aromatic carbocycles. The van der Waals surface area contributed by atoms with Crippen molar-refractivity contribution in [2.45, 2.75) is 97.3 Å². The summed E-state index contributed by atoms with van der Waals surface area (Å²) in [4.78, 5) is 9.18. The van der Waals surface area contributed by atoms with Gasteiger partial charge in [-0.1, -0.05) is 62.3 Å². The molecule has 0 aliphatic carbocycles. The number of aromatic nitrogens is 2. The topological polar surface area (TPSA) is 49.6 Å². The maximum atomic E-state index is 14.8. The minimum Gasteiger partial charge on any atom is -0.260 e. The minimum atomic E-state index is -0.403. The van der Waals surface area contributed by atoms with E-state index in [0.717, 1.165) is 29.7 Å². The highest BCUT2D eigenvalue weighted by Crippen LogP contribution is 2.37. The molecule has 0 atom stereocenters. The van der Waals surface area contributed by atoms with Gasteiger partial charge in [0, 0.05) is 28.9 Å². The van der Waals surface area contributed by atoms with Crippen LogP contribution in [0.5, 0.6) is 0 Å². The summed E-state index contributed by atoms with van der Waals surface area (Å²) < 4.78 is 14.8. The van der Waals surface area contributed by atoms with Crippen LogP contribution in [0.3, 0.4) is 0 Å². The molecule has 0 bridgehead atoms. The van der Waals surface area contributed by atoms with Crippen LogP contribution in [-0.2, 0) is 16.2 Å². The summed E-state index contributed by atoms with van der Waals surface area (Å²) in [5.74, 6) is 0.0167. The molecule has 0 spiro atoms. The van der Waals surface area contributed by atoms with Crippen LogP contribution < -0.4 is 0 Å². The molecule has 0 aliphatic heterocycles. The lowest BCUT2D eigenvalue weighted by atomic mass is 9.74. The lowest BCUT2D eigenvalue weighted by Crippen LogP contribution is -2.27. The molecular formula is C26H36FN3. The zero-order valence-electron chi connectivity index (χ0n) is 20.0. The smallest absolute Gasteiger partial charge is 0.145 e. The van der Waals surface area contributed by atoms with Gasteiger partial charge >= 0.3 is 0 Å². The van der Waals surface area contributed by atoms with Gasteiger partial charge in [0.2, 0.25) is 0 Å². The fourth-order valence-corrected chi connectivity index (χ4v) is 3.65. The average Bonchev–Trinajstić information content (AvgIpc) is 2.65. The summed E-state index contributed by atoms with van der Waals surface area (Å²) in [5.41, 5.74) is 3.18. The van der Waals surface area contributed by atoms with Gasteiger partial charge in [-0.3, -0.25) is 9.97 Å². The van der Waals surface area contributed by atoms with Gasteiger partial charge in [-0.2, -0.15) is 5.26 Å². The van der Waals surface area contributed by atoms with Crippen LogP contribution in [0.4, 0.5) is 4.39 Å². The van der Waals surface area contributed by atoms with E-state index in [0.29, 0.717) is 11.3 Å².